The predicted octanol–water partition coefficient (Wildman–Crippen LogP) is 3.71. The summed E-state index contributed by atoms with van der Waals surface area (Å²) in [5, 5.41) is 10.6. The van der Waals surface area contributed by atoms with Gasteiger partial charge in [0.05, 0.1) is 60.4 Å². The fourth-order valence-corrected chi connectivity index (χ4v) is 6.03. The Morgan fingerprint density at radius 2 is 1.73 bits per heavy atom. The minimum atomic E-state index is -0.957. The van der Waals surface area contributed by atoms with Gasteiger partial charge >= 0.3 is 5.97 Å². The monoisotopic (exact) mass is 614 g/mol. The number of nitrogens with zero attached hydrogens (tertiary/aromatic N) is 3. The second-order valence-corrected chi connectivity index (χ2v) is 12.5. The van der Waals surface area contributed by atoms with Gasteiger partial charge in [-0.2, -0.15) is 0 Å². The van der Waals surface area contributed by atoms with Gasteiger partial charge in [-0.25, -0.2) is 0 Å². The highest BCUT2D eigenvalue weighted by Gasteiger charge is 2.48. The topological polar surface area (TPSA) is 107 Å². The third-order valence-electron chi connectivity index (χ3n) is 8.35. The van der Waals surface area contributed by atoms with Crippen LogP contribution in [-0.2, 0) is 9.59 Å². The summed E-state index contributed by atoms with van der Waals surface area (Å²) in [6.45, 7) is 4.98. The number of benzene rings is 2. The molecule has 2 aliphatic heterocycles. The van der Waals surface area contributed by atoms with Crippen molar-refractivity contribution in [1.82, 2.24) is 9.80 Å². The first-order valence-electron chi connectivity index (χ1n) is 15.3. The molecule has 0 radical (unpaired) electrons. The molecular weight excluding hydrogens is 566 g/mol. The van der Waals surface area contributed by atoms with Gasteiger partial charge in [0.1, 0.15) is 6.61 Å². The fourth-order valence-electron chi connectivity index (χ4n) is 6.03. The maximum Gasteiger partial charge on any atom is 0.308 e. The van der Waals surface area contributed by atoms with Crippen molar-refractivity contribution in [3.8, 4) is 28.7 Å². The number of carboxylic acid groups (broad SMARTS) is 1. The zero-order valence-corrected chi connectivity index (χ0v) is 26.9. The maximum absolute atomic E-state index is 13.9. The van der Waals surface area contributed by atoms with Gasteiger partial charge in [0.15, 0.2) is 23.0 Å². The molecule has 3 atom stereocenters. The van der Waals surface area contributed by atoms with Crippen LogP contribution in [0.5, 0.6) is 28.7 Å². The van der Waals surface area contributed by atoms with Crippen molar-refractivity contribution >= 4 is 11.9 Å². The summed E-state index contributed by atoms with van der Waals surface area (Å²) < 4.78 is 29.3. The van der Waals surface area contributed by atoms with Crippen LogP contribution in [0.3, 0.4) is 0 Å². The lowest BCUT2D eigenvalue weighted by Gasteiger charge is -2.30. The summed E-state index contributed by atoms with van der Waals surface area (Å²) in [6.07, 6.45) is 2.78. The van der Waals surface area contributed by atoms with Crippen LogP contribution in [0.15, 0.2) is 36.4 Å². The Morgan fingerprint density at radius 3 is 2.39 bits per heavy atom. The van der Waals surface area contributed by atoms with E-state index in [1.54, 1.807) is 26.4 Å². The van der Waals surface area contributed by atoms with Gasteiger partial charge in [-0.15, -0.1) is 0 Å². The number of rotatable bonds is 16. The summed E-state index contributed by atoms with van der Waals surface area (Å²) in [4.78, 5) is 30.7. The Balaban J connectivity index is 1.63. The average molecular weight is 615 g/mol. The molecule has 2 aliphatic rings. The Labute approximate surface area is 260 Å². The molecule has 44 heavy (non-hydrogen) atoms. The predicted molar refractivity (Wildman–Crippen MR) is 166 cm³/mol. The van der Waals surface area contributed by atoms with Gasteiger partial charge < -0.3 is 38.2 Å². The van der Waals surface area contributed by atoms with E-state index in [0.717, 1.165) is 35.9 Å². The SMILES string of the molecule is CCCCN(CCC[N+](C)(C)C)C(=O)CN1C[C@H](c2cc(OC)c3c(c2)OCO3)C(C(=O)O)[C@@H]1COc1ccccc1OC. The number of likely N-dealkylation sites (tertiary alicyclic amines) is 1. The van der Waals surface area contributed by atoms with Crippen LogP contribution in [0.4, 0.5) is 0 Å². The number of quaternary nitrogens is 1. The molecule has 0 bridgehead atoms. The molecule has 2 aromatic rings. The number of methoxy groups -OCH3 is 2. The Morgan fingerprint density at radius 1 is 1.02 bits per heavy atom. The van der Waals surface area contributed by atoms with Crippen LogP contribution in [0.1, 0.15) is 37.7 Å². The molecule has 1 amide bonds. The van der Waals surface area contributed by atoms with Gasteiger partial charge in [-0.1, -0.05) is 25.5 Å². The minimum absolute atomic E-state index is 0.00444. The Kier molecular flexibility index (Phi) is 11.2. The summed E-state index contributed by atoms with van der Waals surface area (Å²) in [5.41, 5.74) is 0.751. The Bertz CT molecular complexity index is 1280. The normalized spacial score (nSPS) is 19.5. The lowest BCUT2D eigenvalue weighted by atomic mass is 9.85. The molecule has 242 valence electrons. The highest BCUT2D eigenvalue weighted by atomic mass is 16.7. The van der Waals surface area contributed by atoms with E-state index in [1.165, 1.54) is 0 Å². The van der Waals surface area contributed by atoms with Gasteiger partial charge in [-0.3, -0.25) is 14.5 Å². The first-order chi connectivity index (χ1) is 21.1. The molecule has 1 N–H and O–H groups in total. The number of hydrogen-bond acceptors (Lipinski definition) is 8. The van der Waals surface area contributed by atoms with Crippen LogP contribution < -0.4 is 23.7 Å². The maximum atomic E-state index is 13.9. The van der Waals surface area contributed by atoms with E-state index in [2.05, 4.69) is 28.1 Å². The van der Waals surface area contributed by atoms with Gasteiger partial charge in [0.2, 0.25) is 18.4 Å². The molecule has 11 heteroatoms. The average Bonchev–Trinajstić information content (AvgIpc) is 3.61. The largest absolute Gasteiger partial charge is 0.493 e. The van der Waals surface area contributed by atoms with E-state index in [4.69, 9.17) is 23.7 Å². The number of carboxylic acids is 1. The molecule has 2 aromatic carbocycles. The standard InChI is InChI=1S/C33H47N3O8/c1-7-8-14-34(15-11-16-36(2,3)4)30(37)20-35-19-24(23-17-28(41-6)32-29(18-23)43-22-44-32)31(33(38)39)25(35)21-42-27-13-10-9-12-26(27)40-5/h9-10,12-13,17-18,24-25,31H,7-8,11,14-16,19-22H2,1-6H3/p+1/t24-,25+,31?/m1/s1. The number of unbranched alkanes of at least 4 members (excludes halogenated alkanes) is 1. The lowest BCUT2D eigenvalue weighted by molar-refractivity contribution is -0.870. The number of hydrogen-bond donors (Lipinski definition) is 1. The van der Waals surface area contributed by atoms with E-state index < -0.39 is 23.8 Å². The van der Waals surface area contributed by atoms with Crippen molar-refractivity contribution in [1.29, 1.82) is 0 Å². The van der Waals surface area contributed by atoms with Crippen LogP contribution in [0.2, 0.25) is 0 Å². The number of aliphatic carboxylic acids is 1. The summed E-state index contributed by atoms with van der Waals surface area (Å²) in [6, 6.07) is 10.3. The molecule has 0 spiro atoms. The van der Waals surface area contributed by atoms with Gasteiger partial charge in [0.25, 0.3) is 0 Å². The molecule has 11 nitrogen and oxygen atoms in total. The van der Waals surface area contributed by atoms with E-state index >= 15 is 0 Å². The quantitative estimate of drug-likeness (QED) is 0.283. The number of ether oxygens (including phenoxy) is 5. The zero-order valence-electron chi connectivity index (χ0n) is 26.9. The number of amides is 1. The lowest BCUT2D eigenvalue weighted by Crippen LogP contribution is -2.47. The summed E-state index contributed by atoms with van der Waals surface area (Å²) in [5.74, 6) is 0.313. The van der Waals surface area contributed by atoms with Crippen molar-refractivity contribution in [2.75, 3.05) is 81.5 Å². The molecule has 2 heterocycles. The van der Waals surface area contributed by atoms with Crippen molar-refractivity contribution in [2.24, 2.45) is 5.92 Å². The van der Waals surface area contributed by atoms with E-state index in [-0.39, 0.29) is 25.9 Å². The van der Waals surface area contributed by atoms with Gasteiger partial charge in [0, 0.05) is 32.0 Å². The zero-order chi connectivity index (χ0) is 31.9. The third-order valence-corrected chi connectivity index (χ3v) is 8.35. The van der Waals surface area contributed by atoms with E-state index in [9.17, 15) is 14.7 Å². The van der Waals surface area contributed by atoms with Crippen LogP contribution in [0, 0.1) is 5.92 Å². The number of para-hydroxylation sites is 2. The van der Waals surface area contributed by atoms with Crippen molar-refractivity contribution in [3.05, 3.63) is 42.0 Å². The molecule has 4 rings (SSSR count). The minimum Gasteiger partial charge on any atom is -0.493 e. The summed E-state index contributed by atoms with van der Waals surface area (Å²) >= 11 is 0. The summed E-state index contributed by atoms with van der Waals surface area (Å²) in [7, 11) is 9.54. The molecule has 0 aliphatic carbocycles. The van der Waals surface area contributed by atoms with Crippen LogP contribution in [-0.4, -0.2) is 119 Å². The molecule has 0 saturated carbocycles. The number of carbonyl (C=O) groups excluding carboxylic acids is 1. The first kappa shape index (κ1) is 33.2. The molecule has 1 fully saturated rings. The van der Waals surface area contributed by atoms with Crippen molar-refractivity contribution < 1.29 is 42.9 Å². The number of fused-ring (bicyclic) bond motifs is 1. The first-order valence-corrected chi connectivity index (χ1v) is 15.3. The Hall–Kier alpha value is -3.70. The smallest absolute Gasteiger partial charge is 0.308 e. The van der Waals surface area contributed by atoms with Crippen LogP contribution in [0.25, 0.3) is 0 Å². The fraction of sp³-hybridized carbons (Fsp3) is 0.576. The molecule has 1 saturated heterocycles. The highest BCUT2D eigenvalue weighted by molar-refractivity contribution is 5.79. The number of carbonyl (C=O) groups is 2. The molecule has 0 aromatic heterocycles. The van der Waals surface area contributed by atoms with E-state index in [1.807, 2.05) is 34.1 Å². The van der Waals surface area contributed by atoms with E-state index in [0.29, 0.717) is 48.4 Å². The van der Waals surface area contributed by atoms with Crippen LogP contribution >= 0.6 is 0 Å². The molecule has 1 unspecified atom stereocenters. The van der Waals surface area contributed by atoms with Crippen molar-refractivity contribution in [2.45, 2.75) is 38.1 Å². The molecular formula is C33H48N3O8+. The third kappa shape index (κ3) is 8.06. The van der Waals surface area contributed by atoms with Gasteiger partial charge in [-0.05, 0) is 36.2 Å². The van der Waals surface area contributed by atoms with Crippen molar-refractivity contribution in [3.63, 3.8) is 0 Å². The second-order valence-electron chi connectivity index (χ2n) is 12.5. The highest BCUT2D eigenvalue weighted by Crippen LogP contribution is 2.47. The second kappa shape index (κ2) is 14.9.